The number of hydrogen-bond acceptors (Lipinski definition) is 10. The van der Waals surface area contributed by atoms with Crippen molar-refractivity contribution in [2.45, 2.75) is 43.9 Å². The second kappa shape index (κ2) is 19.3. The van der Waals surface area contributed by atoms with Crippen LogP contribution in [0.15, 0.2) is 132 Å². The standard InChI is InChI=1S/C50H53N5O7/c56-44-16-14-41(42-15-17-46(58)53-47(42)44)45(57)31-51-30-34-21-26-55(27-22-34)48(59)43-29-38(18-23-52-43)37-10-7-13-40(28-37)50(61,39-11-5-2-6-12-39)49(60)62-33-36-19-24-54(25-20-36)32-35-8-3-1-4-9-35/h1-18,23,28-29,34,36,45,51,56-57,61H,19-22,24-27,30-33H2,(H,53,58). The summed E-state index contributed by atoms with van der Waals surface area (Å²) in [5.41, 5.74) is 2.31. The summed E-state index contributed by atoms with van der Waals surface area (Å²) in [5.74, 6) is -0.452. The Morgan fingerprint density at radius 3 is 2.26 bits per heavy atom. The molecule has 0 saturated carbocycles. The summed E-state index contributed by atoms with van der Waals surface area (Å²) in [5, 5.41) is 37.5. The molecule has 5 N–H and O–H groups in total. The van der Waals surface area contributed by atoms with Crippen LogP contribution in [0.4, 0.5) is 0 Å². The zero-order valence-electron chi connectivity index (χ0n) is 34.7. The Balaban J connectivity index is 0.875. The van der Waals surface area contributed by atoms with Crippen molar-refractivity contribution in [2.24, 2.45) is 11.8 Å². The topological polar surface area (TPSA) is 168 Å². The number of likely N-dealkylation sites (tertiary alicyclic amines) is 2. The number of ether oxygens (including phenoxy) is 1. The summed E-state index contributed by atoms with van der Waals surface area (Å²) in [6.45, 7) is 5.01. The van der Waals surface area contributed by atoms with Gasteiger partial charge in [-0.3, -0.25) is 19.5 Å². The molecule has 2 aliphatic heterocycles. The molecule has 2 aromatic heterocycles. The van der Waals surface area contributed by atoms with Gasteiger partial charge in [0.1, 0.15) is 11.4 Å². The minimum absolute atomic E-state index is 0.0538. The number of aliphatic hydroxyl groups excluding tert-OH is 1. The first-order chi connectivity index (χ1) is 30.2. The number of aromatic hydroxyl groups is 1. The molecular weight excluding hydrogens is 783 g/mol. The summed E-state index contributed by atoms with van der Waals surface area (Å²) in [6.07, 6.45) is 4.11. The van der Waals surface area contributed by atoms with Crippen LogP contribution in [0.25, 0.3) is 22.0 Å². The predicted molar refractivity (Wildman–Crippen MR) is 237 cm³/mol. The Kier molecular flexibility index (Phi) is 13.2. The fourth-order valence-electron chi connectivity index (χ4n) is 8.77. The van der Waals surface area contributed by atoms with Gasteiger partial charge in [0.2, 0.25) is 11.2 Å². The lowest BCUT2D eigenvalue weighted by atomic mass is 9.85. The van der Waals surface area contributed by atoms with Gasteiger partial charge in [-0.05, 0) is 115 Å². The average molecular weight is 836 g/mol. The number of pyridine rings is 2. The Morgan fingerprint density at radius 1 is 0.806 bits per heavy atom. The molecule has 4 heterocycles. The van der Waals surface area contributed by atoms with Crippen LogP contribution in [0.3, 0.4) is 0 Å². The lowest BCUT2D eigenvalue weighted by Gasteiger charge is -2.33. The summed E-state index contributed by atoms with van der Waals surface area (Å²) < 4.78 is 5.95. The summed E-state index contributed by atoms with van der Waals surface area (Å²) in [4.78, 5) is 50.9. The monoisotopic (exact) mass is 835 g/mol. The number of aromatic amines is 1. The number of amides is 1. The molecule has 0 bridgehead atoms. The van der Waals surface area contributed by atoms with E-state index in [1.54, 1.807) is 66.9 Å². The highest BCUT2D eigenvalue weighted by Crippen LogP contribution is 2.35. The van der Waals surface area contributed by atoms with Crippen LogP contribution in [0.2, 0.25) is 0 Å². The van der Waals surface area contributed by atoms with Gasteiger partial charge in [-0.15, -0.1) is 0 Å². The van der Waals surface area contributed by atoms with Crippen molar-refractivity contribution >= 4 is 22.8 Å². The van der Waals surface area contributed by atoms with Crippen LogP contribution < -0.4 is 10.9 Å². The second-order valence-electron chi connectivity index (χ2n) is 16.6. The summed E-state index contributed by atoms with van der Waals surface area (Å²) in [7, 11) is 0. The maximum absolute atomic E-state index is 14.0. The molecule has 2 saturated heterocycles. The van der Waals surface area contributed by atoms with Crippen molar-refractivity contribution in [1.29, 1.82) is 0 Å². The number of H-pyrrole nitrogens is 1. The molecule has 2 aliphatic rings. The quantitative estimate of drug-likeness (QED) is 0.0802. The maximum atomic E-state index is 14.0. The first kappa shape index (κ1) is 42.5. The number of nitrogens with zero attached hydrogens (tertiary/aromatic N) is 3. The normalized spacial score (nSPS) is 16.8. The second-order valence-corrected chi connectivity index (χ2v) is 16.6. The average Bonchev–Trinajstić information content (AvgIpc) is 3.32. The number of fused-ring (bicyclic) bond motifs is 1. The van der Waals surface area contributed by atoms with Gasteiger partial charge < -0.3 is 35.3 Å². The molecule has 0 spiro atoms. The number of phenolic OH excluding ortho intramolecular Hbond substituents is 1. The van der Waals surface area contributed by atoms with E-state index in [9.17, 15) is 29.7 Å². The molecule has 0 radical (unpaired) electrons. The predicted octanol–water partition coefficient (Wildman–Crippen LogP) is 6.16. The van der Waals surface area contributed by atoms with Gasteiger partial charge in [0.25, 0.3) is 5.91 Å². The van der Waals surface area contributed by atoms with Crippen LogP contribution in [-0.2, 0) is 21.7 Å². The molecule has 6 aromatic rings. The van der Waals surface area contributed by atoms with Crippen molar-refractivity contribution in [3.63, 3.8) is 0 Å². The summed E-state index contributed by atoms with van der Waals surface area (Å²) in [6, 6.07) is 36.1. The molecule has 12 nitrogen and oxygen atoms in total. The number of aliphatic hydroxyl groups is 2. The third-order valence-electron chi connectivity index (χ3n) is 12.4. The molecule has 4 aromatic carbocycles. The Labute approximate surface area is 360 Å². The Hall–Kier alpha value is -6.18. The van der Waals surface area contributed by atoms with Gasteiger partial charge in [-0.2, -0.15) is 0 Å². The highest BCUT2D eigenvalue weighted by Gasteiger charge is 2.42. The number of rotatable bonds is 14. The molecule has 1 amide bonds. The van der Waals surface area contributed by atoms with E-state index in [4.69, 9.17) is 4.74 Å². The highest BCUT2D eigenvalue weighted by molar-refractivity contribution is 5.94. The van der Waals surface area contributed by atoms with E-state index in [1.807, 2.05) is 29.2 Å². The fourth-order valence-corrected chi connectivity index (χ4v) is 8.77. The minimum atomic E-state index is -2.06. The number of hydrogen-bond donors (Lipinski definition) is 5. The van der Waals surface area contributed by atoms with E-state index in [1.165, 1.54) is 17.7 Å². The Bertz CT molecular complexity index is 2540. The van der Waals surface area contributed by atoms with Crippen molar-refractivity contribution < 1.29 is 29.6 Å². The first-order valence-corrected chi connectivity index (χ1v) is 21.5. The van der Waals surface area contributed by atoms with E-state index in [0.717, 1.165) is 50.9 Å². The lowest BCUT2D eigenvalue weighted by molar-refractivity contribution is -0.164. The van der Waals surface area contributed by atoms with E-state index in [2.05, 4.69) is 44.5 Å². The first-order valence-electron chi connectivity index (χ1n) is 21.5. The molecule has 8 rings (SSSR count). The van der Waals surface area contributed by atoms with Crippen molar-refractivity contribution in [1.82, 2.24) is 25.1 Å². The molecule has 2 fully saturated rings. The molecule has 2 unspecified atom stereocenters. The van der Waals surface area contributed by atoms with Gasteiger partial charge in [0.15, 0.2) is 0 Å². The van der Waals surface area contributed by atoms with Crippen LogP contribution >= 0.6 is 0 Å². The van der Waals surface area contributed by atoms with Crippen LogP contribution in [0.5, 0.6) is 5.75 Å². The number of piperidine rings is 2. The van der Waals surface area contributed by atoms with Gasteiger partial charge in [0.05, 0.1) is 18.2 Å². The van der Waals surface area contributed by atoms with E-state index >= 15 is 0 Å². The van der Waals surface area contributed by atoms with Crippen molar-refractivity contribution in [3.8, 4) is 16.9 Å². The number of aromatic nitrogens is 2. The van der Waals surface area contributed by atoms with Gasteiger partial charge >= 0.3 is 5.97 Å². The molecule has 320 valence electrons. The van der Waals surface area contributed by atoms with Gasteiger partial charge in [-0.1, -0.05) is 84.9 Å². The molecule has 2 atom stereocenters. The fraction of sp³-hybridized carbons (Fsp3) is 0.320. The molecular formula is C50H53N5O7. The van der Waals surface area contributed by atoms with Crippen molar-refractivity contribution in [3.05, 3.63) is 166 Å². The number of carbonyl (C=O) groups is 2. The zero-order chi connectivity index (χ0) is 43.1. The third-order valence-corrected chi connectivity index (χ3v) is 12.4. The maximum Gasteiger partial charge on any atom is 0.347 e. The van der Waals surface area contributed by atoms with Crippen LogP contribution in [0, 0.1) is 11.8 Å². The number of nitrogens with one attached hydrogen (secondary N) is 2. The number of esters is 1. The third kappa shape index (κ3) is 9.64. The molecule has 62 heavy (non-hydrogen) atoms. The van der Waals surface area contributed by atoms with Crippen LogP contribution in [-0.4, -0.2) is 92.8 Å². The number of phenols is 1. The molecule has 0 aliphatic carbocycles. The zero-order valence-corrected chi connectivity index (χ0v) is 34.7. The highest BCUT2D eigenvalue weighted by atomic mass is 16.5. The van der Waals surface area contributed by atoms with Crippen LogP contribution in [0.1, 0.15) is 64.5 Å². The SMILES string of the molecule is O=C(c1cc(-c2cccc(C(O)(C(=O)OCC3CCN(Cc4ccccc4)CC3)c3ccccc3)c2)ccn1)N1CCC(CNCC(O)c2ccc(O)c3[nH]c(=O)ccc23)CC1. The number of benzene rings is 4. The molecule has 12 heteroatoms. The largest absolute Gasteiger partial charge is 0.506 e. The lowest BCUT2D eigenvalue weighted by Crippen LogP contribution is -2.41. The minimum Gasteiger partial charge on any atom is -0.506 e. The van der Waals surface area contributed by atoms with Crippen molar-refractivity contribution in [2.75, 3.05) is 45.9 Å². The Morgan fingerprint density at radius 2 is 1.50 bits per heavy atom. The van der Waals surface area contributed by atoms with E-state index < -0.39 is 17.7 Å². The van der Waals surface area contributed by atoms with Gasteiger partial charge in [-0.25, -0.2) is 4.79 Å². The smallest absolute Gasteiger partial charge is 0.347 e. The summed E-state index contributed by atoms with van der Waals surface area (Å²) >= 11 is 0. The van der Waals surface area contributed by atoms with E-state index in [0.29, 0.717) is 64.4 Å². The van der Waals surface area contributed by atoms with E-state index in [-0.39, 0.29) is 36.3 Å². The van der Waals surface area contributed by atoms with Gasteiger partial charge in [0, 0.05) is 49.4 Å². The number of carbonyl (C=O) groups excluding carboxylic acids is 2.